The molecule has 1 aromatic carbocycles. The number of hydrogen-bond donors (Lipinski definition) is 1. The lowest BCUT2D eigenvalue weighted by molar-refractivity contribution is -0.119. The molecule has 3 heterocycles. The number of carbonyl (C=O) groups is 2. The van der Waals surface area contributed by atoms with Crippen LogP contribution in [-0.4, -0.2) is 46.3 Å². The van der Waals surface area contributed by atoms with Gasteiger partial charge in [0.15, 0.2) is 11.6 Å². The summed E-state index contributed by atoms with van der Waals surface area (Å²) >= 11 is 0. The van der Waals surface area contributed by atoms with Crippen molar-refractivity contribution in [3.8, 4) is 11.8 Å². The van der Waals surface area contributed by atoms with Crippen molar-refractivity contribution in [1.82, 2.24) is 20.1 Å². The third kappa shape index (κ3) is 4.74. The lowest BCUT2D eigenvalue weighted by Crippen LogP contribution is -2.43. The van der Waals surface area contributed by atoms with Crippen LogP contribution >= 0.6 is 0 Å². The highest BCUT2D eigenvalue weighted by atomic mass is 16.5. The van der Waals surface area contributed by atoms with Crippen LogP contribution in [0.15, 0.2) is 42.9 Å². The number of aryl methyl sites for hydroxylation is 1. The molecule has 5 rings (SSSR count). The van der Waals surface area contributed by atoms with E-state index in [1.807, 2.05) is 39.0 Å². The van der Waals surface area contributed by atoms with Gasteiger partial charge in [-0.25, -0.2) is 4.98 Å². The van der Waals surface area contributed by atoms with Gasteiger partial charge in [-0.15, -0.1) is 0 Å². The molecule has 0 radical (unpaired) electrons. The normalized spacial score (nSPS) is 21.5. The van der Waals surface area contributed by atoms with Gasteiger partial charge in [-0.3, -0.25) is 19.2 Å². The van der Waals surface area contributed by atoms with E-state index in [2.05, 4.69) is 27.5 Å². The molecule has 2 aromatic heterocycles. The van der Waals surface area contributed by atoms with Crippen molar-refractivity contribution >= 4 is 17.6 Å². The molecule has 9 heteroatoms. The molecule has 1 saturated heterocycles. The molecule has 38 heavy (non-hydrogen) atoms. The average Bonchev–Trinajstić information content (AvgIpc) is 3.52. The molecule has 9 nitrogen and oxygen atoms in total. The van der Waals surface area contributed by atoms with E-state index < -0.39 is 0 Å². The Kier molecular flexibility index (Phi) is 6.89. The van der Waals surface area contributed by atoms with Crippen molar-refractivity contribution in [1.29, 1.82) is 5.26 Å². The number of nitrogens with zero attached hydrogens (tertiary/aromatic N) is 5. The summed E-state index contributed by atoms with van der Waals surface area (Å²) in [6.45, 7) is 6.55. The van der Waals surface area contributed by atoms with Crippen molar-refractivity contribution in [3.05, 3.63) is 70.7 Å². The van der Waals surface area contributed by atoms with E-state index in [0.717, 1.165) is 36.0 Å². The average molecular weight is 513 g/mol. The SMILES string of the molecule is COc1cc(C(C)n2cc(C(=O)N[C@H]3C[C@@H](c4cc(C)ccc4C#N)C3)cn2)cnc1N1CC[C@H](C)C1=O. The highest BCUT2D eigenvalue weighted by Crippen LogP contribution is 2.39. The zero-order valence-electron chi connectivity index (χ0n) is 22.1. The number of amides is 2. The number of hydrogen-bond acceptors (Lipinski definition) is 6. The highest BCUT2D eigenvalue weighted by Gasteiger charge is 2.34. The Morgan fingerprint density at radius 2 is 2.05 bits per heavy atom. The van der Waals surface area contributed by atoms with Crippen LogP contribution in [0.1, 0.15) is 77.7 Å². The maximum absolute atomic E-state index is 12.9. The second kappa shape index (κ2) is 10.3. The number of anilines is 1. The van der Waals surface area contributed by atoms with Gasteiger partial charge in [-0.1, -0.05) is 24.6 Å². The van der Waals surface area contributed by atoms with E-state index in [0.29, 0.717) is 29.2 Å². The fraction of sp³-hybridized carbons (Fsp3) is 0.414. The molecule has 1 unspecified atom stereocenters. The lowest BCUT2D eigenvalue weighted by Gasteiger charge is -2.36. The molecule has 0 bridgehead atoms. The molecule has 1 saturated carbocycles. The lowest BCUT2D eigenvalue weighted by atomic mass is 9.74. The van der Waals surface area contributed by atoms with Gasteiger partial charge in [0, 0.05) is 30.9 Å². The Morgan fingerprint density at radius 3 is 2.74 bits per heavy atom. The summed E-state index contributed by atoms with van der Waals surface area (Å²) in [7, 11) is 1.57. The Hall–Kier alpha value is -4.19. The van der Waals surface area contributed by atoms with Crippen LogP contribution in [0.3, 0.4) is 0 Å². The van der Waals surface area contributed by atoms with Crippen molar-refractivity contribution in [2.45, 2.75) is 58.0 Å². The second-order valence-corrected chi connectivity index (χ2v) is 10.4. The van der Waals surface area contributed by atoms with Crippen molar-refractivity contribution in [3.63, 3.8) is 0 Å². The van der Waals surface area contributed by atoms with E-state index in [9.17, 15) is 14.9 Å². The van der Waals surface area contributed by atoms with E-state index in [1.54, 1.807) is 35.3 Å². The number of rotatable bonds is 7. The van der Waals surface area contributed by atoms with Crippen LogP contribution in [-0.2, 0) is 4.79 Å². The standard InChI is InChI=1S/C29H32N6O3/c1-17-5-6-20(13-30)25(9-17)21-10-24(11-21)33-28(36)23-15-32-35(16-23)19(3)22-12-26(38-4)27(31-14-22)34-8-7-18(2)29(34)37/h5-6,9,12,14-16,18-19,21,24H,7-8,10-11H2,1-4H3,(H,33,36)/t18-,19?,21-,24+/m0/s1. The van der Waals surface area contributed by atoms with E-state index in [1.165, 1.54) is 0 Å². The Balaban J connectivity index is 1.23. The number of aromatic nitrogens is 3. The maximum Gasteiger partial charge on any atom is 0.254 e. The van der Waals surface area contributed by atoms with Crippen molar-refractivity contribution in [2.24, 2.45) is 5.92 Å². The van der Waals surface area contributed by atoms with Gasteiger partial charge >= 0.3 is 0 Å². The van der Waals surface area contributed by atoms with Gasteiger partial charge in [0.05, 0.1) is 36.5 Å². The van der Waals surface area contributed by atoms with E-state index in [-0.39, 0.29) is 35.7 Å². The summed E-state index contributed by atoms with van der Waals surface area (Å²) in [5.74, 6) is 1.23. The number of pyridine rings is 1. The third-order valence-electron chi connectivity index (χ3n) is 7.79. The quantitative estimate of drug-likeness (QED) is 0.509. The Labute approximate surface area is 222 Å². The van der Waals surface area contributed by atoms with E-state index in [4.69, 9.17) is 4.74 Å². The molecule has 2 amide bonds. The number of methoxy groups -OCH3 is 1. The first-order chi connectivity index (χ1) is 18.3. The minimum Gasteiger partial charge on any atom is -0.493 e. The van der Waals surface area contributed by atoms with Gasteiger partial charge < -0.3 is 10.1 Å². The molecule has 1 aliphatic heterocycles. The summed E-state index contributed by atoms with van der Waals surface area (Å²) in [5.41, 5.74) is 4.25. The summed E-state index contributed by atoms with van der Waals surface area (Å²) in [5, 5.41) is 16.9. The van der Waals surface area contributed by atoms with Crippen molar-refractivity contribution < 1.29 is 14.3 Å². The molecule has 2 atom stereocenters. The number of nitriles is 1. The molecule has 196 valence electrons. The molecular weight excluding hydrogens is 480 g/mol. The summed E-state index contributed by atoms with van der Waals surface area (Å²) in [4.78, 5) is 31.6. The van der Waals surface area contributed by atoms with Crippen LogP contribution in [0.5, 0.6) is 5.75 Å². The van der Waals surface area contributed by atoms with Gasteiger partial charge in [0.1, 0.15) is 0 Å². The minimum atomic E-state index is -0.195. The first-order valence-corrected chi connectivity index (χ1v) is 13.0. The van der Waals surface area contributed by atoms with Crippen LogP contribution in [0.25, 0.3) is 0 Å². The van der Waals surface area contributed by atoms with Gasteiger partial charge in [-0.2, -0.15) is 10.4 Å². The molecular formula is C29H32N6O3. The Bertz CT molecular complexity index is 1420. The summed E-state index contributed by atoms with van der Waals surface area (Å²) < 4.78 is 7.29. The van der Waals surface area contributed by atoms with Gasteiger partial charge in [0.25, 0.3) is 5.91 Å². The van der Waals surface area contributed by atoms with Crippen LogP contribution in [0.4, 0.5) is 5.82 Å². The number of ether oxygens (including phenoxy) is 1. The number of nitrogens with one attached hydrogen (secondary N) is 1. The molecule has 2 aliphatic rings. The molecule has 1 N–H and O–H groups in total. The largest absolute Gasteiger partial charge is 0.493 e. The summed E-state index contributed by atoms with van der Waals surface area (Å²) in [6.07, 6.45) is 7.45. The molecule has 3 aromatic rings. The first-order valence-electron chi connectivity index (χ1n) is 13.0. The van der Waals surface area contributed by atoms with E-state index >= 15 is 0 Å². The first kappa shape index (κ1) is 25.5. The predicted molar refractivity (Wildman–Crippen MR) is 142 cm³/mol. The number of carbonyl (C=O) groups excluding carboxylic acids is 2. The fourth-order valence-electron chi connectivity index (χ4n) is 5.27. The number of benzene rings is 1. The van der Waals surface area contributed by atoms with Crippen LogP contribution < -0.4 is 15.0 Å². The topological polar surface area (TPSA) is 113 Å². The zero-order valence-corrected chi connectivity index (χ0v) is 22.1. The van der Waals surface area contributed by atoms with Gasteiger partial charge in [-0.05, 0) is 62.3 Å². The maximum atomic E-state index is 12.9. The predicted octanol–water partition coefficient (Wildman–Crippen LogP) is 4.12. The highest BCUT2D eigenvalue weighted by molar-refractivity contribution is 5.97. The van der Waals surface area contributed by atoms with Crippen LogP contribution in [0.2, 0.25) is 0 Å². The molecule has 2 fully saturated rings. The second-order valence-electron chi connectivity index (χ2n) is 10.4. The molecule has 0 spiro atoms. The fourth-order valence-corrected chi connectivity index (χ4v) is 5.27. The smallest absolute Gasteiger partial charge is 0.254 e. The minimum absolute atomic E-state index is 0.0165. The third-order valence-corrected chi connectivity index (χ3v) is 7.79. The van der Waals surface area contributed by atoms with Crippen molar-refractivity contribution in [2.75, 3.05) is 18.6 Å². The molecule has 1 aliphatic carbocycles. The monoisotopic (exact) mass is 512 g/mol. The summed E-state index contributed by atoms with van der Waals surface area (Å²) in [6, 6.07) is 9.93. The Morgan fingerprint density at radius 1 is 1.26 bits per heavy atom. The van der Waals surface area contributed by atoms with Crippen LogP contribution in [0, 0.1) is 24.2 Å². The van der Waals surface area contributed by atoms with Gasteiger partial charge in [0.2, 0.25) is 5.91 Å². The zero-order chi connectivity index (χ0) is 27.0.